The van der Waals surface area contributed by atoms with Gasteiger partial charge < -0.3 is 5.32 Å². The molecule has 3 aromatic rings. The monoisotopic (exact) mass is 403 g/mol. The Morgan fingerprint density at radius 2 is 2.00 bits per heavy atom. The minimum atomic E-state index is -0.189. The maximum absolute atomic E-state index is 12.6. The average molecular weight is 405 g/mol. The topological polar surface area (TPSA) is 46.9 Å². The molecule has 1 heterocycles. The van der Waals surface area contributed by atoms with Gasteiger partial charge >= 0.3 is 0 Å². The molecule has 0 radical (unpaired) electrons. The fourth-order valence-corrected chi connectivity index (χ4v) is 3.12. The number of hydrogen-bond donors (Lipinski definition) is 1. The second kappa shape index (κ2) is 6.79. The molecule has 0 fully saturated rings. The second-order valence-corrected chi connectivity index (χ2v) is 6.80. The molecule has 0 aliphatic heterocycles. The van der Waals surface area contributed by atoms with Gasteiger partial charge in [0.1, 0.15) is 0 Å². The molecule has 24 heavy (non-hydrogen) atoms. The zero-order valence-corrected chi connectivity index (χ0v) is 15.5. The molecule has 1 amide bonds. The van der Waals surface area contributed by atoms with E-state index in [1.807, 2.05) is 50.2 Å². The molecule has 0 saturated heterocycles. The number of nitrogens with zero attached hydrogens (tertiary/aromatic N) is 2. The molecule has 0 aliphatic carbocycles. The van der Waals surface area contributed by atoms with Crippen LogP contribution in [0.1, 0.15) is 21.6 Å². The molecule has 1 N–H and O–H groups in total. The number of hydrogen-bond acceptors (Lipinski definition) is 2. The van der Waals surface area contributed by atoms with Crippen LogP contribution < -0.4 is 5.32 Å². The second-order valence-electron chi connectivity index (χ2n) is 5.45. The van der Waals surface area contributed by atoms with Crippen molar-refractivity contribution in [3.63, 3.8) is 0 Å². The summed E-state index contributed by atoms with van der Waals surface area (Å²) in [6, 6.07) is 13.1. The molecule has 0 unspecified atom stereocenters. The lowest BCUT2D eigenvalue weighted by atomic mass is 10.2. The van der Waals surface area contributed by atoms with Crippen molar-refractivity contribution in [3.8, 4) is 5.69 Å². The van der Waals surface area contributed by atoms with Gasteiger partial charge in [0.25, 0.3) is 5.91 Å². The van der Waals surface area contributed by atoms with Crippen molar-refractivity contribution in [2.24, 2.45) is 0 Å². The molecular formula is C18H15BrClN3O. The Kier molecular flexibility index (Phi) is 4.73. The van der Waals surface area contributed by atoms with Crippen molar-refractivity contribution < 1.29 is 4.79 Å². The molecule has 6 heteroatoms. The van der Waals surface area contributed by atoms with Crippen molar-refractivity contribution >= 4 is 39.1 Å². The predicted octanol–water partition coefficient (Wildman–Crippen LogP) is 5.16. The SMILES string of the molecule is Cc1cc(Br)ccc1NC(=O)c1cnn(-c2cccc(Cl)c2)c1C. The number of aromatic nitrogens is 2. The molecule has 0 spiro atoms. The van der Waals surface area contributed by atoms with Crippen LogP contribution in [0.5, 0.6) is 0 Å². The first kappa shape index (κ1) is 16.7. The molecule has 0 saturated carbocycles. The summed E-state index contributed by atoms with van der Waals surface area (Å²) in [7, 11) is 0. The Bertz CT molecular complexity index is 920. The van der Waals surface area contributed by atoms with E-state index in [4.69, 9.17) is 11.6 Å². The number of carbonyl (C=O) groups excluding carboxylic acids is 1. The van der Waals surface area contributed by atoms with Crippen LogP contribution in [0.25, 0.3) is 5.69 Å². The van der Waals surface area contributed by atoms with Gasteiger partial charge in [-0.05, 0) is 55.8 Å². The van der Waals surface area contributed by atoms with Gasteiger partial charge in [0.05, 0.1) is 23.1 Å². The van der Waals surface area contributed by atoms with Crippen LogP contribution in [0.3, 0.4) is 0 Å². The van der Waals surface area contributed by atoms with Crippen LogP contribution in [-0.4, -0.2) is 15.7 Å². The molecule has 3 rings (SSSR count). The number of aryl methyl sites for hydroxylation is 1. The van der Waals surface area contributed by atoms with E-state index >= 15 is 0 Å². The Hall–Kier alpha value is -2.11. The number of carbonyl (C=O) groups is 1. The zero-order valence-electron chi connectivity index (χ0n) is 13.2. The highest BCUT2D eigenvalue weighted by molar-refractivity contribution is 9.10. The average Bonchev–Trinajstić information content (AvgIpc) is 2.92. The molecule has 122 valence electrons. The van der Waals surface area contributed by atoms with E-state index in [2.05, 4.69) is 26.3 Å². The van der Waals surface area contributed by atoms with Gasteiger partial charge in [-0.25, -0.2) is 4.68 Å². The largest absolute Gasteiger partial charge is 0.322 e. The van der Waals surface area contributed by atoms with Gasteiger partial charge in [-0.15, -0.1) is 0 Å². The normalized spacial score (nSPS) is 10.7. The van der Waals surface area contributed by atoms with Gasteiger partial charge in [-0.1, -0.05) is 33.6 Å². The number of rotatable bonds is 3. The van der Waals surface area contributed by atoms with Crippen molar-refractivity contribution in [1.82, 2.24) is 9.78 Å². The van der Waals surface area contributed by atoms with E-state index in [0.29, 0.717) is 10.6 Å². The molecule has 0 bridgehead atoms. The van der Waals surface area contributed by atoms with Crippen LogP contribution in [-0.2, 0) is 0 Å². The van der Waals surface area contributed by atoms with Crippen LogP contribution in [0.4, 0.5) is 5.69 Å². The highest BCUT2D eigenvalue weighted by atomic mass is 79.9. The Morgan fingerprint density at radius 1 is 1.21 bits per heavy atom. The quantitative estimate of drug-likeness (QED) is 0.655. The van der Waals surface area contributed by atoms with E-state index < -0.39 is 0 Å². The van der Waals surface area contributed by atoms with Crippen molar-refractivity contribution in [2.75, 3.05) is 5.32 Å². The van der Waals surface area contributed by atoms with Gasteiger partial charge in [-0.2, -0.15) is 5.10 Å². The van der Waals surface area contributed by atoms with Crippen molar-refractivity contribution in [1.29, 1.82) is 0 Å². The van der Waals surface area contributed by atoms with Crippen molar-refractivity contribution in [3.05, 3.63) is 75.0 Å². The van der Waals surface area contributed by atoms with Crippen LogP contribution in [0.15, 0.2) is 53.1 Å². The summed E-state index contributed by atoms with van der Waals surface area (Å²) in [5, 5.41) is 7.87. The lowest BCUT2D eigenvalue weighted by molar-refractivity contribution is 0.102. The Balaban J connectivity index is 1.89. The lowest BCUT2D eigenvalue weighted by Gasteiger charge is -2.09. The van der Waals surface area contributed by atoms with E-state index in [-0.39, 0.29) is 5.91 Å². The molecule has 4 nitrogen and oxygen atoms in total. The van der Waals surface area contributed by atoms with Crippen molar-refractivity contribution in [2.45, 2.75) is 13.8 Å². The summed E-state index contributed by atoms with van der Waals surface area (Å²) in [4.78, 5) is 12.6. The first-order valence-electron chi connectivity index (χ1n) is 7.34. The van der Waals surface area contributed by atoms with Gasteiger partial charge in [0, 0.05) is 15.2 Å². The third kappa shape index (κ3) is 3.37. The lowest BCUT2D eigenvalue weighted by Crippen LogP contribution is -2.14. The first-order valence-corrected chi connectivity index (χ1v) is 8.51. The number of anilines is 1. The van der Waals surface area contributed by atoms with Crippen LogP contribution in [0.2, 0.25) is 5.02 Å². The highest BCUT2D eigenvalue weighted by Crippen LogP contribution is 2.22. The van der Waals surface area contributed by atoms with E-state index in [0.717, 1.165) is 27.1 Å². The van der Waals surface area contributed by atoms with Crippen LogP contribution >= 0.6 is 27.5 Å². The molecule has 2 aromatic carbocycles. The molecular weight excluding hydrogens is 390 g/mol. The third-order valence-electron chi connectivity index (χ3n) is 3.74. The predicted molar refractivity (Wildman–Crippen MR) is 100 cm³/mol. The fourth-order valence-electron chi connectivity index (χ4n) is 2.46. The van der Waals surface area contributed by atoms with Gasteiger partial charge in [0.2, 0.25) is 0 Å². The molecule has 0 aliphatic rings. The Morgan fingerprint density at radius 3 is 2.71 bits per heavy atom. The molecule has 0 atom stereocenters. The minimum absolute atomic E-state index is 0.189. The van der Waals surface area contributed by atoms with Gasteiger partial charge in [-0.3, -0.25) is 4.79 Å². The number of nitrogens with one attached hydrogen (secondary N) is 1. The summed E-state index contributed by atoms with van der Waals surface area (Å²) in [6.07, 6.45) is 1.57. The van der Waals surface area contributed by atoms with E-state index in [1.54, 1.807) is 16.9 Å². The maximum atomic E-state index is 12.6. The third-order valence-corrected chi connectivity index (χ3v) is 4.47. The number of halogens is 2. The highest BCUT2D eigenvalue weighted by Gasteiger charge is 2.16. The summed E-state index contributed by atoms with van der Waals surface area (Å²) in [5.41, 5.74) is 3.86. The molecule has 1 aromatic heterocycles. The summed E-state index contributed by atoms with van der Waals surface area (Å²) in [6.45, 7) is 3.81. The Labute approximate surface area is 153 Å². The summed E-state index contributed by atoms with van der Waals surface area (Å²) >= 11 is 9.45. The summed E-state index contributed by atoms with van der Waals surface area (Å²) in [5.74, 6) is -0.189. The van der Waals surface area contributed by atoms with E-state index in [9.17, 15) is 4.79 Å². The summed E-state index contributed by atoms with van der Waals surface area (Å²) < 4.78 is 2.68. The zero-order chi connectivity index (χ0) is 17.3. The fraction of sp³-hybridized carbons (Fsp3) is 0.111. The van der Waals surface area contributed by atoms with Gasteiger partial charge in [0.15, 0.2) is 0 Å². The smallest absolute Gasteiger partial charge is 0.259 e. The first-order chi connectivity index (χ1) is 11.5. The number of benzene rings is 2. The van der Waals surface area contributed by atoms with E-state index in [1.165, 1.54) is 0 Å². The van der Waals surface area contributed by atoms with Crippen LogP contribution in [0, 0.1) is 13.8 Å². The minimum Gasteiger partial charge on any atom is -0.322 e. The standard InChI is InChI=1S/C18H15BrClN3O/c1-11-8-13(19)6-7-17(11)22-18(24)16-10-21-23(12(16)2)15-5-3-4-14(20)9-15/h3-10H,1-2H3,(H,22,24). The number of amides is 1. The maximum Gasteiger partial charge on any atom is 0.259 e.